The Morgan fingerprint density at radius 2 is 2.00 bits per heavy atom. The van der Waals surface area contributed by atoms with Crippen LogP contribution in [0.1, 0.15) is 22.5 Å². The van der Waals surface area contributed by atoms with Gasteiger partial charge in [0.25, 0.3) is 5.91 Å². The fourth-order valence-electron chi connectivity index (χ4n) is 1.93. The number of primary amides is 1. The van der Waals surface area contributed by atoms with Gasteiger partial charge in [0.1, 0.15) is 0 Å². The second-order valence-corrected chi connectivity index (χ2v) is 4.13. The highest BCUT2D eigenvalue weighted by Crippen LogP contribution is 2.11. The Hall–Kier alpha value is -2.30. The molecule has 2 rings (SSSR count). The lowest BCUT2D eigenvalue weighted by Gasteiger charge is -2.06. The van der Waals surface area contributed by atoms with Crippen molar-refractivity contribution in [2.24, 2.45) is 5.73 Å². The molecule has 1 aromatic heterocycles. The van der Waals surface area contributed by atoms with E-state index >= 15 is 0 Å². The van der Waals surface area contributed by atoms with Gasteiger partial charge in [0.2, 0.25) is 0 Å². The van der Waals surface area contributed by atoms with Gasteiger partial charge in [0, 0.05) is 6.54 Å². The van der Waals surface area contributed by atoms with E-state index in [1.807, 2.05) is 18.2 Å². The molecule has 0 aliphatic rings. The fourth-order valence-corrected chi connectivity index (χ4v) is 1.93. The Bertz CT molecular complexity index is 533. The summed E-state index contributed by atoms with van der Waals surface area (Å²) < 4.78 is 1.71. The van der Waals surface area contributed by atoms with Crippen LogP contribution in [0.3, 0.4) is 0 Å². The average molecular weight is 244 g/mol. The van der Waals surface area contributed by atoms with Gasteiger partial charge in [-0.1, -0.05) is 30.3 Å². The van der Waals surface area contributed by atoms with E-state index in [0.29, 0.717) is 12.2 Å². The van der Waals surface area contributed by atoms with Crippen molar-refractivity contribution in [2.45, 2.75) is 19.4 Å². The van der Waals surface area contributed by atoms with Gasteiger partial charge in [0.15, 0.2) is 11.5 Å². The number of imidazole rings is 1. The zero-order chi connectivity index (χ0) is 13.0. The molecule has 4 N–H and O–H groups in total. The van der Waals surface area contributed by atoms with Crippen molar-refractivity contribution in [3.8, 4) is 0 Å². The fraction of sp³-hybridized carbons (Fsp3) is 0.231. The van der Waals surface area contributed by atoms with Gasteiger partial charge in [0.05, 0.1) is 6.33 Å². The molecule has 5 heteroatoms. The maximum absolute atomic E-state index is 11.2. The van der Waals surface area contributed by atoms with E-state index in [2.05, 4.69) is 17.1 Å². The first kappa shape index (κ1) is 12.2. The number of carbonyl (C=O) groups excluding carboxylic acids is 1. The number of nitrogens with two attached hydrogens (primary N) is 2. The molecule has 2 aromatic rings. The SMILES string of the molecule is NC(=O)c1c(N)ncn1CCCc1ccccc1. The molecule has 0 radical (unpaired) electrons. The van der Waals surface area contributed by atoms with E-state index in [4.69, 9.17) is 11.5 Å². The summed E-state index contributed by atoms with van der Waals surface area (Å²) in [6.45, 7) is 0.678. The number of benzene rings is 1. The van der Waals surface area contributed by atoms with Crippen LogP contribution in [-0.4, -0.2) is 15.5 Å². The minimum atomic E-state index is -0.537. The second kappa shape index (κ2) is 5.35. The smallest absolute Gasteiger partial charge is 0.269 e. The minimum absolute atomic E-state index is 0.196. The summed E-state index contributed by atoms with van der Waals surface area (Å²) in [5, 5.41) is 0. The van der Waals surface area contributed by atoms with Crippen LogP contribution in [0.2, 0.25) is 0 Å². The third kappa shape index (κ3) is 2.68. The molecule has 0 aliphatic carbocycles. The van der Waals surface area contributed by atoms with Crippen LogP contribution in [0, 0.1) is 0 Å². The molecule has 0 saturated carbocycles. The molecule has 0 spiro atoms. The maximum atomic E-state index is 11.2. The molecule has 0 atom stereocenters. The molecule has 0 unspecified atom stereocenters. The number of aromatic nitrogens is 2. The monoisotopic (exact) mass is 244 g/mol. The Morgan fingerprint density at radius 3 is 2.67 bits per heavy atom. The molecule has 1 heterocycles. The van der Waals surface area contributed by atoms with Gasteiger partial charge < -0.3 is 16.0 Å². The predicted molar refractivity (Wildman–Crippen MR) is 69.9 cm³/mol. The Labute approximate surface area is 105 Å². The van der Waals surface area contributed by atoms with Crippen LogP contribution >= 0.6 is 0 Å². The lowest BCUT2D eigenvalue weighted by atomic mass is 10.1. The van der Waals surface area contributed by atoms with E-state index in [1.54, 1.807) is 10.9 Å². The molecule has 18 heavy (non-hydrogen) atoms. The number of anilines is 1. The van der Waals surface area contributed by atoms with Gasteiger partial charge in [-0.3, -0.25) is 4.79 Å². The van der Waals surface area contributed by atoms with E-state index in [9.17, 15) is 4.79 Å². The third-order valence-corrected chi connectivity index (χ3v) is 2.81. The normalized spacial score (nSPS) is 10.4. The van der Waals surface area contributed by atoms with E-state index in [1.165, 1.54) is 5.56 Å². The van der Waals surface area contributed by atoms with Crippen molar-refractivity contribution in [3.63, 3.8) is 0 Å². The van der Waals surface area contributed by atoms with Gasteiger partial charge in [-0.2, -0.15) is 0 Å². The third-order valence-electron chi connectivity index (χ3n) is 2.81. The van der Waals surface area contributed by atoms with Crippen LogP contribution in [0.4, 0.5) is 5.82 Å². The van der Waals surface area contributed by atoms with Crippen LogP contribution in [0.5, 0.6) is 0 Å². The van der Waals surface area contributed by atoms with Crippen molar-refractivity contribution in [2.75, 3.05) is 5.73 Å². The Morgan fingerprint density at radius 1 is 1.28 bits per heavy atom. The number of nitrogen functional groups attached to an aromatic ring is 1. The number of rotatable bonds is 5. The number of amides is 1. The number of aryl methyl sites for hydroxylation is 2. The summed E-state index contributed by atoms with van der Waals surface area (Å²) in [7, 11) is 0. The van der Waals surface area contributed by atoms with Crippen LogP contribution in [-0.2, 0) is 13.0 Å². The van der Waals surface area contributed by atoms with Gasteiger partial charge in [-0.25, -0.2) is 4.98 Å². The van der Waals surface area contributed by atoms with Crippen LogP contribution in [0.15, 0.2) is 36.7 Å². The summed E-state index contributed by atoms with van der Waals surface area (Å²) >= 11 is 0. The van der Waals surface area contributed by atoms with Crippen molar-refractivity contribution in [1.82, 2.24) is 9.55 Å². The van der Waals surface area contributed by atoms with Crippen molar-refractivity contribution >= 4 is 11.7 Å². The summed E-state index contributed by atoms with van der Waals surface area (Å²) in [4.78, 5) is 15.1. The van der Waals surface area contributed by atoms with E-state index < -0.39 is 5.91 Å². The van der Waals surface area contributed by atoms with Gasteiger partial charge in [-0.05, 0) is 18.4 Å². The minimum Gasteiger partial charge on any atom is -0.382 e. The second-order valence-electron chi connectivity index (χ2n) is 4.13. The molecule has 1 amide bonds. The van der Waals surface area contributed by atoms with Crippen molar-refractivity contribution < 1.29 is 4.79 Å². The van der Waals surface area contributed by atoms with Crippen LogP contribution in [0.25, 0.3) is 0 Å². The zero-order valence-electron chi connectivity index (χ0n) is 10.0. The molecule has 1 aromatic carbocycles. The first-order chi connectivity index (χ1) is 8.68. The lowest BCUT2D eigenvalue weighted by molar-refractivity contribution is 0.0992. The lowest BCUT2D eigenvalue weighted by Crippen LogP contribution is -2.18. The topological polar surface area (TPSA) is 86.9 Å². The average Bonchev–Trinajstić information content (AvgIpc) is 2.72. The Kier molecular flexibility index (Phi) is 3.62. The number of hydrogen-bond donors (Lipinski definition) is 2. The van der Waals surface area contributed by atoms with Gasteiger partial charge >= 0.3 is 0 Å². The van der Waals surface area contributed by atoms with Crippen molar-refractivity contribution in [3.05, 3.63) is 47.9 Å². The summed E-state index contributed by atoms with van der Waals surface area (Å²) in [5.41, 5.74) is 12.4. The number of hydrogen-bond acceptors (Lipinski definition) is 3. The first-order valence-corrected chi connectivity index (χ1v) is 5.83. The number of carbonyl (C=O) groups is 1. The molecule has 5 nitrogen and oxygen atoms in total. The molecule has 0 fully saturated rings. The molecular formula is C13H16N4O. The van der Waals surface area contributed by atoms with Crippen molar-refractivity contribution in [1.29, 1.82) is 0 Å². The predicted octanol–water partition coefficient (Wildman–Crippen LogP) is 1.20. The first-order valence-electron chi connectivity index (χ1n) is 5.83. The highest BCUT2D eigenvalue weighted by atomic mass is 16.1. The summed E-state index contributed by atoms with van der Waals surface area (Å²) in [6.07, 6.45) is 3.40. The molecule has 0 aliphatic heterocycles. The van der Waals surface area contributed by atoms with Gasteiger partial charge in [-0.15, -0.1) is 0 Å². The quantitative estimate of drug-likeness (QED) is 0.828. The summed E-state index contributed by atoms with van der Waals surface area (Å²) in [5.74, 6) is -0.341. The highest BCUT2D eigenvalue weighted by molar-refractivity contribution is 5.95. The molecule has 0 bridgehead atoms. The van der Waals surface area contributed by atoms with Crippen LogP contribution < -0.4 is 11.5 Å². The molecular weight excluding hydrogens is 228 g/mol. The molecule has 0 saturated heterocycles. The highest BCUT2D eigenvalue weighted by Gasteiger charge is 2.13. The standard InChI is InChI=1S/C13H16N4O/c14-12-11(13(15)18)17(9-16-12)8-4-7-10-5-2-1-3-6-10/h1-3,5-6,9H,4,7-8,14H2,(H2,15,18). The van der Waals surface area contributed by atoms with E-state index in [-0.39, 0.29) is 5.82 Å². The number of nitrogens with zero attached hydrogens (tertiary/aromatic N) is 2. The molecule has 94 valence electrons. The Balaban J connectivity index is 1.97. The largest absolute Gasteiger partial charge is 0.382 e. The van der Waals surface area contributed by atoms with E-state index in [0.717, 1.165) is 12.8 Å². The zero-order valence-corrected chi connectivity index (χ0v) is 10.0. The maximum Gasteiger partial charge on any atom is 0.269 e. The summed E-state index contributed by atoms with van der Waals surface area (Å²) in [6, 6.07) is 10.2.